The number of nitrogens with one attached hydrogen (secondary N) is 1. The number of carbonyl (C=O) groups is 2. The second-order valence-electron chi connectivity index (χ2n) is 15.3. The van der Waals surface area contributed by atoms with E-state index in [0.29, 0.717) is 53.2 Å². The van der Waals surface area contributed by atoms with Crippen molar-refractivity contribution in [2.75, 3.05) is 13.1 Å². The van der Waals surface area contributed by atoms with Gasteiger partial charge in [0.05, 0.1) is 40.3 Å². The van der Waals surface area contributed by atoms with Crippen molar-refractivity contribution >= 4 is 23.0 Å². The monoisotopic (exact) mass is 830 g/mol. The number of amides is 1. The standard InChI is InChI=1S/C43H40N6O10.C2H6/c1-4-26-28-15-23(50)7-10-33(28)44-37-31(26)19-48-34(37)17-29-32(40(48)53)20-57-41(54)38(29)59-43(56)47-13-11-25(12-14-47)58-24-8-5-22(6-9-24)49-39(45-46-42(49)55)30-16-27(21(2)3)35(51)18-36(30)52;1-2/h5-10,15-18,21,25,38,50-52H,4,11-14,19-20H2,1-3H3,(H,46,55);1-2H3. The van der Waals surface area contributed by atoms with Gasteiger partial charge in [-0.2, -0.15) is 5.10 Å². The Morgan fingerprint density at radius 2 is 1.69 bits per heavy atom. The van der Waals surface area contributed by atoms with Gasteiger partial charge in [-0.05, 0) is 78.1 Å². The third kappa shape index (κ3) is 7.21. The Morgan fingerprint density at radius 1 is 0.951 bits per heavy atom. The highest BCUT2D eigenvalue weighted by molar-refractivity contribution is 5.89. The summed E-state index contributed by atoms with van der Waals surface area (Å²) < 4.78 is 20.3. The number of carbonyl (C=O) groups excluding carboxylic acids is 2. The van der Waals surface area contributed by atoms with Crippen LogP contribution in [0.1, 0.15) is 87.3 Å². The van der Waals surface area contributed by atoms with Crippen LogP contribution in [0.4, 0.5) is 4.79 Å². The first kappa shape index (κ1) is 40.7. The lowest BCUT2D eigenvalue weighted by Crippen LogP contribution is -2.43. The van der Waals surface area contributed by atoms with E-state index in [4.69, 9.17) is 19.2 Å². The smallest absolute Gasteiger partial charge is 0.410 e. The molecule has 1 amide bonds. The van der Waals surface area contributed by atoms with Crippen LogP contribution in [0.2, 0.25) is 0 Å². The van der Waals surface area contributed by atoms with E-state index >= 15 is 0 Å². The number of benzene rings is 3. The Labute approximate surface area is 349 Å². The number of H-pyrrole nitrogens is 1. The topological polar surface area (TPSA) is 211 Å². The van der Waals surface area contributed by atoms with Gasteiger partial charge in [-0.3, -0.25) is 4.79 Å². The fourth-order valence-electron chi connectivity index (χ4n) is 8.35. The van der Waals surface area contributed by atoms with Crippen LogP contribution in [0.15, 0.2) is 70.3 Å². The first-order chi connectivity index (χ1) is 29.4. The number of cyclic esters (lactones) is 1. The first-order valence-corrected chi connectivity index (χ1v) is 20.4. The lowest BCUT2D eigenvalue weighted by Gasteiger charge is -2.33. The molecule has 3 aromatic heterocycles. The van der Waals surface area contributed by atoms with E-state index in [1.165, 1.54) is 15.5 Å². The van der Waals surface area contributed by atoms with Crippen LogP contribution in [0, 0.1) is 0 Å². The van der Waals surface area contributed by atoms with Crippen molar-refractivity contribution in [1.82, 2.24) is 29.2 Å². The van der Waals surface area contributed by atoms with Gasteiger partial charge in [0.25, 0.3) is 5.56 Å². The maximum absolute atomic E-state index is 13.9. The minimum atomic E-state index is -1.44. The number of pyridine rings is 2. The van der Waals surface area contributed by atoms with Gasteiger partial charge in [0.2, 0.25) is 6.10 Å². The number of aromatic nitrogens is 5. The summed E-state index contributed by atoms with van der Waals surface area (Å²) in [6.45, 7) is 10.4. The molecule has 6 heterocycles. The lowest BCUT2D eigenvalue weighted by atomic mass is 9.97. The second-order valence-corrected chi connectivity index (χ2v) is 15.3. The number of aromatic hydroxyl groups is 3. The number of nitrogens with zero attached hydrogens (tertiary/aromatic N) is 5. The molecule has 1 unspecified atom stereocenters. The molecule has 16 heteroatoms. The van der Waals surface area contributed by atoms with Crippen LogP contribution in [0.25, 0.3) is 39.4 Å². The van der Waals surface area contributed by atoms with Gasteiger partial charge in [-0.25, -0.2) is 29.0 Å². The summed E-state index contributed by atoms with van der Waals surface area (Å²) in [7, 11) is 0. The van der Waals surface area contributed by atoms with Crippen molar-refractivity contribution in [3.8, 4) is 51.5 Å². The zero-order valence-electron chi connectivity index (χ0n) is 34.4. The molecule has 3 aromatic carbocycles. The third-order valence-corrected chi connectivity index (χ3v) is 11.4. The molecule has 3 aliphatic heterocycles. The summed E-state index contributed by atoms with van der Waals surface area (Å²) in [5, 5.41) is 38.5. The number of rotatable bonds is 7. The normalized spacial score (nSPS) is 15.7. The Kier molecular flexibility index (Phi) is 10.8. The number of phenolic OH excluding ortho intramolecular Hbond substituents is 3. The molecule has 61 heavy (non-hydrogen) atoms. The molecule has 0 spiro atoms. The molecule has 0 saturated carbocycles. The number of fused-ring (bicyclic) bond motifs is 5. The molecule has 0 aliphatic carbocycles. The summed E-state index contributed by atoms with van der Waals surface area (Å²) >= 11 is 0. The Balaban J connectivity index is 0.00000253. The summed E-state index contributed by atoms with van der Waals surface area (Å²) in [5.41, 5.74) is 4.61. The molecule has 0 bridgehead atoms. The number of aromatic amines is 1. The molecular formula is C45H46N6O10. The summed E-state index contributed by atoms with van der Waals surface area (Å²) in [6, 6.07) is 16.3. The molecule has 9 rings (SSSR count). The summed E-state index contributed by atoms with van der Waals surface area (Å²) in [6.07, 6.45) is -0.827. The molecular weight excluding hydrogens is 785 g/mol. The highest BCUT2D eigenvalue weighted by Gasteiger charge is 2.39. The van der Waals surface area contributed by atoms with Gasteiger partial charge < -0.3 is 39.0 Å². The van der Waals surface area contributed by atoms with Gasteiger partial charge in [-0.15, -0.1) is 0 Å². The molecule has 1 atom stereocenters. The van der Waals surface area contributed by atoms with E-state index in [0.717, 1.165) is 16.5 Å². The average Bonchev–Trinajstić information content (AvgIpc) is 3.82. The predicted molar refractivity (Wildman–Crippen MR) is 224 cm³/mol. The Morgan fingerprint density at radius 3 is 2.39 bits per heavy atom. The van der Waals surface area contributed by atoms with Crippen LogP contribution in [0.5, 0.6) is 23.0 Å². The Hall–Kier alpha value is -7.10. The fourth-order valence-corrected chi connectivity index (χ4v) is 8.35. The minimum absolute atomic E-state index is 0.0453. The number of esters is 1. The van der Waals surface area contributed by atoms with E-state index < -0.39 is 23.9 Å². The van der Waals surface area contributed by atoms with Gasteiger partial charge in [0.1, 0.15) is 35.7 Å². The van der Waals surface area contributed by atoms with Crippen LogP contribution in [-0.4, -0.2) is 75.8 Å². The predicted octanol–water partition coefficient (Wildman–Crippen LogP) is 6.57. The number of piperidine rings is 1. The van der Waals surface area contributed by atoms with Crippen LogP contribution >= 0.6 is 0 Å². The molecule has 3 aliphatic rings. The second kappa shape index (κ2) is 16.2. The van der Waals surface area contributed by atoms with Crippen molar-refractivity contribution in [3.05, 3.63) is 109 Å². The van der Waals surface area contributed by atoms with Gasteiger partial charge in [-0.1, -0.05) is 34.6 Å². The molecule has 316 valence electrons. The van der Waals surface area contributed by atoms with Crippen molar-refractivity contribution in [2.45, 2.75) is 85.2 Å². The highest BCUT2D eigenvalue weighted by Crippen LogP contribution is 2.40. The van der Waals surface area contributed by atoms with E-state index in [1.54, 1.807) is 59.2 Å². The number of ether oxygens (including phenoxy) is 3. The largest absolute Gasteiger partial charge is 0.508 e. The Bertz CT molecular complexity index is 2820. The van der Waals surface area contributed by atoms with Crippen LogP contribution in [-0.2, 0) is 33.8 Å². The molecule has 16 nitrogen and oxygen atoms in total. The molecule has 0 radical (unpaired) electrons. The minimum Gasteiger partial charge on any atom is -0.508 e. The number of aryl methyl sites for hydroxylation is 1. The molecule has 6 aromatic rings. The number of likely N-dealkylation sites (tertiary alicyclic amines) is 1. The average molecular weight is 831 g/mol. The molecule has 4 N–H and O–H groups in total. The van der Waals surface area contributed by atoms with E-state index in [1.807, 2.05) is 34.6 Å². The summed E-state index contributed by atoms with van der Waals surface area (Å²) in [4.78, 5) is 59.8. The van der Waals surface area contributed by atoms with E-state index in [-0.39, 0.29) is 83.6 Å². The zero-order chi connectivity index (χ0) is 43.3. The zero-order valence-corrected chi connectivity index (χ0v) is 34.4. The maximum atomic E-state index is 13.9. The fraction of sp³-hybridized carbons (Fsp3) is 0.333. The number of hydrogen-bond donors (Lipinski definition) is 4. The van der Waals surface area contributed by atoms with Gasteiger partial charge in [0, 0.05) is 48.5 Å². The van der Waals surface area contributed by atoms with Crippen molar-refractivity contribution < 1.29 is 39.1 Å². The van der Waals surface area contributed by atoms with Crippen molar-refractivity contribution in [3.63, 3.8) is 0 Å². The summed E-state index contributed by atoms with van der Waals surface area (Å²) in [5.74, 6) is -0.256. The molecule has 1 fully saturated rings. The first-order valence-electron chi connectivity index (χ1n) is 20.4. The number of phenols is 3. The highest BCUT2D eigenvalue weighted by atomic mass is 16.6. The van der Waals surface area contributed by atoms with Crippen molar-refractivity contribution in [2.24, 2.45) is 0 Å². The lowest BCUT2D eigenvalue weighted by molar-refractivity contribution is -0.158. The molecule has 1 saturated heterocycles. The SMILES string of the molecule is CC.CCc1c2c(nc3ccc(O)cc13)-c1cc3c(c(=O)n1C2)COC(=O)C3OC(=O)N1CCC(Oc2ccc(-n3c(-c4cc(C(C)C)c(O)cc4O)n[nH]c3=O)cc2)CC1. The maximum Gasteiger partial charge on any atom is 0.410 e. The quantitative estimate of drug-likeness (QED) is 0.126. The van der Waals surface area contributed by atoms with Crippen LogP contribution < -0.4 is 16.0 Å². The van der Waals surface area contributed by atoms with Crippen LogP contribution in [0.3, 0.4) is 0 Å². The van der Waals surface area contributed by atoms with E-state index in [2.05, 4.69) is 10.2 Å². The van der Waals surface area contributed by atoms with E-state index in [9.17, 15) is 34.5 Å². The number of hydrogen-bond acceptors (Lipinski definition) is 12. The van der Waals surface area contributed by atoms with Gasteiger partial charge >= 0.3 is 17.8 Å². The third-order valence-electron chi connectivity index (χ3n) is 11.4. The van der Waals surface area contributed by atoms with Crippen molar-refractivity contribution in [1.29, 1.82) is 0 Å². The van der Waals surface area contributed by atoms with Gasteiger partial charge in [0.15, 0.2) is 5.82 Å².